The molecule has 0 radical (unpaired) electrons. The summed E-state index contributed by atoms with van der Waals surface area (Å²) in [6, 6.07) is 10.5. The number of aromatic nitrogens is 1. The first-order chi connectivity index (χ1) is 13.1. The van der Waals surface area contributed by atoms with Crippen LogP contribution < -0.4 is 4.72 Å². The lowest BCUT2D eigenvalue weighted by atomic mass is 9.98. The summed E-state index contributed by atoms with van der Waals surface area (Å²) in [6.07, 6.45) is -1.21. The van der Waals surface area contributed by atoms with Gasteiger partial charge in [0.1, 0.15) is 0 Å². The van der Waals surface area contributed by atoms with E-state index in [0.717, 1.165) is 40.5 Å². The highest BCUT2D eigenvalue weighted by molar-refractivity contribution is 7.92. The Morgan fingerprint density at radius 1 is 0.929 bits per heavy atom. The van der Waals surface area contributed by atoms with Crippen LogP contribution >= 0.6 is 0 Å². The fourth-order valence-corrected chi connectivity index (χ4v) is 3.92. The molecule has 0 fully saturated rings. The lowest BCUT2D eigenvalue weighted by Crippen LogP contribution is -2.14. The van der Waals surface area contributed by atoms with Gasteiger partial charge in [0.05, 0.1) is 10.5 Å². The Kier molecular flexibility index (Phi) is 5.16. The molecule has 0 aliphatic carbocycles. The molecule has 0 amide bonds. The third-order valence-electron chi connectivity index (χ3n) is 4.28. The van der Waals surface area contributed by atoms with E-state index in [-0.39, 0.29) is 5.69 Å². The molecule has 146 valence electrons. The van der Waals surface area contributed by atoms with E-state index in [1.54, 1.807) is 30.6 Å². The quantitative estimate of drug-likeness (QED) is 0.649. The molecular weight excluding hydrogens is 389 g/mol. The molecule has 0 saturated carbocycles. The van der Waals surface area contributed by atoms with Crippen LogP contribution in [0.2, 0.25) is 0 Å². The molecule has 3 rings (SSSR count). The first kappa shape index (κ1) is 19.9. The van der Waals surface area contributed by atoms with Gasteiger partial charge in [-0.05, 0) is 66.9 Å². The molecule has 28 heavy (non-hydrogen) atoms. The van der Waals surface area contributed by atoms with Crippen LogP contribution in [0.4, 0.5) is 18.9 Å². The zero-order chi connectivity index (χ0) is 20.5. The van der Waals surface area contributed by atoms with Gasteiger partial charge >= 0.3 is 6.18 Å². The Balaban J connectivity index is 1.92. The predicted molar refractivity (Wildman–Crippen MR) is 101 cm³/mol. The van der Waals surface area contributed by atoms with Gasteiger partial charge in [-0.1, -0.05) is 12.1 Å². The standard InChI is InChI=1S/C20H17F3N2O2S/c1-13-8-9-24-12-19(13)18-7-6-16(10-14(18)2)25-28(26,27)17-5-3-4-15(11-17)20(21,22)23/h3-12,25H,1-2H3. The number of rotatable bonds is 4. The van der Waals surface area contributed by atoms with Crippen molar-refractivity contribution in [1.82, 2.24) is 4.98 Å². The van der Waals surface area contributed by atoms with Crippen LogP contribution in [0.5, 0.6) is 0 Å². The lowest BCUT2D eigenvalue weighted by Gasteiger charge is -2.13. The Hall–Kier alpha value is -2.87. The second-order valence-electron chi connectivity index (χ2n) is 6.35. The Labute approximate surface area is 161 Å². The van der Waals surface area contributed by atoms with E-state index in [1.807, 2.05) is 19.9 Å². The van der Waals surface area contributed by atoms with Gasteiger partial charge in [-0.25, -0.2) is 8.42 Å². The number of hydrogen-bond donors (Lipinski definition) is 1. The molecule has 0 aliphatic rings. The molecule has 0 atom stereocenters. The maximum absolute atomic E-state index is 12.9. The summed E-state index contributed by atoms with van der Waals surface area (Å²) < 4.78 is 65.9. The molecule has 4 nitrogen and oxygen atoms in total. The van der Waals surface area contributed by atoms with Gasteiger partial charge in [0.25, 0.3) is 10.0 Å². The largest absolute Gasteiger partial charge is 0.416 e. The molecular formula is C20H17F3N2O2S. The van der Waals surface area contributed by atoms with Crippen LogP contribution in [0.3, 0.4) is 0 Å². The number of sulfonamides is 1. The topological polar surface area (TPSA) is 59.1 Å². The summed E-state index contributed by atoms with van der Waals surface area (Å²) in [5.74, 6) is 0. The summed E-state index contributed by atoms with van der Waals surface area (Å²) in [4.78, 5) is 3.66. The summed E-state index contributed by atoms with van der Waals surface area (Å²) in [5.41, 5.74) is 2.89. The molecule has 0 aliphatic heterocycles. The van der Waals surface area contributed by atoms with Crippen molar-refractivity contribution in [3.8, 4) is 11.1 Å². The first-order valence-electron chi connectivity index (χ1n) is 8.30. The van der Waals surface area contributed by atoms with Gasteiger partial charge in [-0.3, -0.25) is 9.71 Å². The molecule has 1 aromatic heterocycles. The Morgan fingerprint density at radius 3 is 2.32 bits per heavy atom. The maximum atomic E-state index is 12.9. The SMILES string of the molecule is Cc1cc(NS(=O)(=O)c2cccc(C(F)(F)F)c2)ccc1-c1cnccc1C. The molecule has 1 heterocycles. The monoisotopic (exact) mass is 406 g/mol. The van der Waals surface area contributed by atoms with Crippen LogP contribution in [0.25, 0.3) is 11.1 Å². The zero-order valence-corrected chi connectivity index (χ0v) is 15.9. The van der Waals surface area contributed by atoms with Crippen molar-refractivity contribution in [2.24, 2.45) is 0 Å². The molecule has 2 aromatic carbocycles. The van der Waals surface area contributed by atoms with Crippen molar-refractivity contribution >= 4 is 15.7 Å². The number of nitrogens with one attached hydrogen (secondary N) is 1. The van der Waals surface area contributed by atoms with Gasteiger partial charge in [0, 0.05) is 23.6 Å². The molecule has 0 spiro atoms. The normalized spacial score (nSPS) is 12.0. The van der Waals surface area contributed by atoms with E-state index in [0.29, 0.717) is 6.07 Å². The maximum Gasteiger partial charge on any atom is 0.416 e. The van der Waals surface area contributed by atoms with E-state index in [2.05, 4.69) is 9.71 Å². The minimum Gasteiger partial charge on any atom is -0.280 e. The average Bonchev–Trinajstić information content (AvgIpc) is 2.62. The number of pyridine rings is 1. The van der Waals surface area contributed by atoms with Crippen molar-refractivity contribution in [3.05, 3.63) is 77.6 Å². The van der Waals surface area contributed by atoms with Crippen molar-refractivity contribution in [1.29, 1.82) is 0 Å². The molecule has 0 saturated heterocycles. The minimum atomic E-state index is -4.62. The van der Waals surface area contributed by atoms with Crippen LogP contribution in [-0.2, 0) is 16.2 Å². The van der Waals surface area contributed by atoms with Gasteiger partial charge in [0.2, 0.25) is 0 Å². The Morgan fingerprint density at radius 2 is 1.68 bits per heavy atom. The van der Waals surface area contributed by atoms with Crippen LogP contribution in [0.1, 0.15) is 16.7 Å². The fraction of sp³-hybridized carbons (Fsp3) is 0.150. The first-order valence-corrected chi connectivity index (χ1v) is 9.78. The van der Waals surface area contributed by atoms with Crippen molar-refractivity contribution in [2.45, 2.75) is 24.9 Å². The van der Waals surface area contributed by atoms with Gasteiger partial charge < -0.3 is 0 Å². The number of benzene rings is 2. The van der Waals surface area contributed by atoms with Gasteiger partial charge in [-0.15, -0.1) is 0 Å². The average molecular weight is 406 g/mol. The Bertz CT molecular complexity index is 1130. The lowest BCUT2D eigenvalue weighted by molar-refractivity contribution is -0.137. The van der Waals surface area contributed by atoms with E-state index in [9.17, 15) is 21.6 Å². The summed E-state index contributed by atoms with van der Waals surface area (Å²) in [7, 11) is -4.16. The smallest absolute Gasteiger partial charge is 0.280 e. The number of halogens is 3. The summed E-state index contributed by atoms with van der Waals surface area (Å²) in [5, 5.41) is 0. The number of anilines is 1. The third kappa shape index (κ3) is 4.17. The molecule has 1 N–H and O–H groups in total. The second kappa shape index (κ2) is 7.27. The summed E-state index contributed by atoms with van der Waals surface area (Å²) >= 11 is 0. The van der Waals surface area contributed by atoms with Crippen LogP contribution in [0.15, 0.2) is 65.8 Å². The van der Waals surface area contributed by atoms with Crippen LogP contribution in [-0.4, -0.2) is 13.4 Å². The van der Waals surface area contributed by atoms with Crippen molar-refractivity contribution in [3.63, 3.8) is 0 Å². The highest BCUT2D eigenvalue weighted by Crippen LogP contribution is 2.32. The van der Waals surface area contributed by atoms with Crippen molar-refractivity contribution < 1.29 is 21.6 Å². The number of aryl methyl sites for hydroxylation is 2. The second-order valence-corrected chi connectivity index (χ2v) is 8.03. The number of hydrogen-bond acceptors (Lipinski definition) is 3. The molecule has 8 heteroatoms. The van der Waals surface area contributed by atoms with E-state index in [1.165, 1.54) is 0 Å². The number of nitrogens with zero attached hydrogens (tertiary/aromatic N) is 1. The summed E-state index contributed by atoms with van der Waals surface area (Å²) in [6.45, 7) is 3.77. The van der Waals surface area contributed by atoms with Gasteiger partial charge in [-0.2, -0.15) is 13.2 Å². The van der Waals surface area contributed by atoms with E-state index in [4.69, 9.17) is 0 Å². The van der Waals surface area contributed by atoms with Crippen molar-refractivity contribution in [2.75, 3.05) is 4.72 Å². The predicted octanol–water partition coefficient (Wildman–Crippen LogP) is 5.19. The van der Waals surface area contributed by atoms with Crippen LogP contribution in [0, 0.1) is 13.8 Å². The highest BCUT2D eigenvalue weighted by Gasteiger charge is 2.31. The van der Waals surface area contributed by atoms with E-state index >= 15 is 0 Å². The minimum absolute atomic E-state index is 0.264. The highest BCUT2D eigenvalue weighted by atomic mass is 32.2. The molecule has 3 aromatic rings. The molecule has 0 unspecified atom stereocenters. The van der Waals surface area contributed by atoms with E-state index < -0.39 is 26.7 Å². The zero-order valence-electron chi connectivity index (χ0n) is 15.1. The fourth-order valence-electron chi connectivity index (χ4n) is 2.83. The molecule has 0 bridgehead atoms. The van der Waals surface area contributed by atoms with Gasteiger partial charge in [0.15, 0.2) is 0 Å². The third-order valence-corrected chi connectivity index (χ3v) is 5.66. The number of alkyl halides is 3.